The molecule has 0 aliphatic carbocycles. The molecule has 5 heteroatoms. The van der Waals surface area contributed by atoms with Crippen LogP contribution in [0.2, 0.25) is 0 Å². The van der Waals surface area contributed by atoms with Crippen LogP contribution in [-0.2, 0) is 4.79 Å². The summed E-state index contributed by atoms with van der Waals surface area (Å²) in [5, 5.41) is 12.4. The van der Waals surface area contributed by atoms with Crippen LogP contribution in [0.3, 0.4) is 0 Å². The van der Waals surface area contributed by atoms with E-state index in [9.17, 15) is 10.0 Å². The lowest BCUT2D eigenvalue weighted by atomic mass is 9.71. The van der Waals surface area contributed by atoms with E-state index in [4.69, 9.17) is 4.74 Å². The number of para-hydroxylation sites is 1. The first-order chi connectivity index (χ1) is 14.7. The number of rotatable bonds is 10. The standard InChI is InChI=1S/C26H34N2O3/c1-18(2)19(3)26(4,5)24(25(29)28-30)27-17-9-10-20-13-15-21(16-14-20)22-11-7-8-12-23(22)31-6/h7-16,19,24,27,30H,1,17H2,2-6H3,(H,28,29). The topological polar surface area (TPSA) is 70.6 Å². The number of methoxy groups -OCH3 is 1. The van der Waals surface area contributed by atoms with E-state index in [0.29, 0.717) is 6.54 Å². The Labute approximate surface area is 185 Å². The zero-order valence-electron chi connectivity index (χ0n) is 19.1. The lowest BCUT2D eigenvalue weighted by Gasteiger charge is -2.38. The minimum Gasteiger partial charge on any atom is -0.496 e. The monoisotopic (exact) mass is 422 g/mol. The Bertz CT molecular complexity index is 917. The molecule has 0 aliphatic heterocycles. The minimum atomic E-state index is -0.568. The second-order valence-corrected chi connectivity index (χ2v) is 8.43. The number of hydrogen-bond acceptors (Lipinski definition) is 4. The van der Waals surface area contributed by atoms with Crippen molar-refractivity contribution in [2.45, 2.75) is 33.7 Å². The summed E-state index contributed by atoms with van der Waals surface area (Å²) in [6.45, 7) is 12.5. The molecule has 2 atom stereocenters. The summed E-state index contributed by atoms with van der Waals surface area (Å²) in [6.07, 6.45) is 3.97. The van der Waals surface area contributed by atoms with Crippen LogP contribution < -0.4 is 15.5 Å². The van der Waals surface area contributed by atoms with Gasteiger partial charge in [-0.25, -0.2) is 5.48 Å². The molecule has 0 aromatic heterocycles. The fourth-order valence-electron chi connectivity index (χ4n) is 3.68. The van der Waals surface area contributed by atoms with Crippen molar-refractivity contribution >= 4 is 12.0 Å². The zero-order chi connectivity index (χ0) is 23.0. The van der Waals surface area contributed by atoms with E-state index in [1.165, 1.54) is 0 Å². The lowest BCUT2D eigenvalue weighted by molar-refractivity contribution is -0.135. The van der Waals surface area contributed by atoms with Crippen molar-refractivity contribution in [2.24, 2.45) is 11.3 Å². The molecule has 0 spiro atoms. The first kappa shape index (κ1) is 24.4. The van der Waals surface area contributed by atoms with E-state index >= 15 is 0 Å². The summed E-state index contributed by atoms with van der Waals surface area (Å²) in [4.78, 5) is 12.3. The van der Waals surface area contributed by atoms with Gasteiger partial charge in [-0.15, -0.1) is 0 Å². The Hall–Kier alpha value is -2.89. The van der Waals surface area contributed by atoms with Gasteiger partial charge in [0.2, 0.25) is 0 Å². The van der Waals surface area contributed by atoms with Crippen molar-refractivity contribution in [3.63, 3.8) is 0 Å². The molecular weight excluding hydrogens is 388 g/mol. The highest BCUT2D eigenvalue weighted by Crippen LogP contribution is 2.35. The number of allylic oxidation sites excluding steroid dienone is 1. The Morgan fingerprint density at radius 2 is 1.84 bits per heavy atom. The van der Waals surface area contributed by atoms with Crippen LogP contribution in [0.5, 0.6) is 5.75 Å². The van der Waals surface area contributed by atoms with Gasteiger partial charge in [0.15, 0.2) is 0 Å². The fraction of sp³-hybridized carbons (Fsp3) is 0.346. The largest absolute Gasteiger partial charge is 0.496 e. The maximum atomic E-state index is 12.3. The van der Waals surface area contributed by atoms with Gasteiger partial charge in [0, 0.05) is 12.1 Å². The van der Waals surface area contributed by atoms with E-state index in [1.54, 1.807) is 12.6 Å². The normalized spacial score (nSPS) is 13.6. The molecule has 31 heavy (non-hydrogen) atoms. The molecule has 0 aliphatic rings. The first-order valence-electron chi connectivity index (χ1n) is 10.4. The Morgan fingerprint density at radius 1 is 1.19 bits per heavy atom. The van der Waals surface area contributed by atoms with Gasteiger partial charge in [0.25, 0.3) is 5.91 Å². The quantitative estimate of drug-likeness (QED) is 0.284. The SMILES string of the molecule is C=C(C)C(C)C(C)(C)C(NCC=Cc1ccc(-c2ccccc2OC)cc1)C(=O)NO. The third-order valence-electron chi connectivity index (χ3n) is 6.05. The van der Waals surface area contributed by atoms with Crippen molar-refractivity contribution in [3.05, 3.63) is 72.3 Å². The van der Waals surface area contributed by atoms with E-state index in [-0.39, 0.29) is 5.92 Å². The van der Waals surface area contributed by atoms with Crippen LogP contribution in [0.1, 0.15) is 33.3 Å². The molecule has 3 N–H and O–H groups in total. The molecule has 2 unspecified atom stereocenters. The zero-order valence-corrected chi connectivity index (χ0v) is 19.1. The molecule has 5 nitrogen and oxygen atoms in total. The van der Waals surface area contributed by atoms with Crippen LogP contribution in [0, 0.1) is 11.3 Å². The Balaban J connectivity index is 2.07. The number of nitrogens with one attached hydrogen (secondary N) is 2. The maximum Gasteiger partial charge on any atom is 0.261 e. The maximum absolute atomic E-state index is 12.3. The second-order valence-electron chi connectivity index (χ2n) is 8.43. The van der Waals surface area contributed by atoms with Crippen LogP contribution in [0.15, 0.2) is 66.8 Å². The molecule has 166 valence electrons. The fourth-order valence-corrected chi connectivity index (χ4v) is 3.68. The summed E-state index contributed by atoms with van der Waals surface area (Å²) in [7, 11) is 1.67. The molecule has 2 rings (SSSR count). The third kappa shape index (κ3) is 6.06. The van der Waals surface area contributed by atoms with Crippen LogP contribution in [-0.4, -0.2) is 30.8 Å². The van der Waals surface area contributed by atoms with E-state index in [0.717, 1.165) is 28.0 Å². The second kappa shape index (κ2) is 10.9. The number of carbonyl (C=O) groups excluding carboxylic acids is 1. The molecular formula is C26H34N2O3. The van der Waals surface area contributed by atoms with Gasteiger partial charge >= 0.3 is 0 Å². The molecule has 0 bridgehead atoms. The highest BCUT2D eigenvalue weighted by Gasteiger charge is 2.39. The van der Waals surface area contributed by atoms with Gasteiger partial charge in [0.1, 0.15) is 5.75 Å². The number of amides is 1. The number of hydroxylamine groups is 1. The van der Waals surface area contributed by atoms with E-state index in [2.05, 4.69) is 24.0 Å². The van der Waals surface area contributed by atoms with Gasteiger partial charge in [-0.1, -0.05) is 87.5 Å². The number of ether oxygens (including phenoxy) is 1. The van der Waals surface area contributed by atoms with Crippen molar-refractivity contribution < 1.29 is 14.7 Å². The molecule has 0 saturated heterocycles. The van der Waals surface area contributed by atoms with Crippen molar-refractivity contribution in [1.29, 1.82) is 0 Å². The van der Waals surface area contributed by atoms with E-state index in [1.807, 2.05) is 76.2 Å². The van der Waals surface area contributed by atoms with Gasteiger partial charge in [-0.3, -0.25) is 10.0 Å². The van der Waals surface area contributed by atoms with Gasteiger partial charge in [0.05, 0.1) is 13.2 Å². The molecule has 1 amide bonds. The van der Waals surface area contributed by atoms with Crippen LogP contribution in [0.25, 0.3) is 17.2 Å². The summed E-state index contributed by atoms with van der Waals surface area (Å²) in [5.41, 5.74) is 5.55. The van der Waals surface area contributed by atoms with Gasteiger partial charge in [-0.05, 0) is 35.4 Å². The summed E-state index contributed by atoms with van der Waals surface area (Å²) in [6, 6.07) is 15.6. The number of carbonyl (C=O) groups is 1. The Morgan fingerprint density at radius 3 is 2.42 bits per heavy atom. The number of benzene rings is 2. The predicted molar refractivity (Wildman–Crippen MR) is 127 cm³/mol. The lowest BCUT2D eigenvalue weighted by Crippen LogP contribution is -2.54. The average molecular weight is 423 g/mol. The van der Waals surface area contributed by atoms with Crippen molar-refractivity contribution in [1.82, 2.24) is 10.8 Å². The smallest absolute Gasteiger partial charge is 0.261 e. The third-order valence-corrected chi connectivity index (χ3v) is 6.05. The first-order valence-corrected chi connectivity index (χ1v) is 10.4. The van der Waals surface area contributed by atoms with Crippen LogP contribution >= 0.6 is 0 Å². The molecule has 0 heterocycles. The average Bonchev–Trinajstić information content (AvgIpc) is 2.78. The van der Waals surface area contributed by atoms with Gasteiger partial charge in [-0.2, -0.15) is 0 Å². The predicted octanol–water partition coefficient (Wildman–Crippen LogP) is 5.08. The summed E-state index contributed by atoms with van der Waals surface area (Å²) >= 11 is 0. The molecule has 2 aromatic rings. The highest BCUT2D eigenvalue weighted by molar-refractivity contribution is 5.81. The highest BCUT2D eigenvalue weighted by atomic mass is 16.5. The number of hydrogen-bond donors (Lipinski definition) is 3. The summed E-state index contributed by atoms with van der Waals surface area (Å²) < 4.78 is 5.44. The van der Waals surface area contributed by atoms with Crippen molar-refractivity contribution in [3.8, 4) is 16.9 Å². The summed E-state index contributed by atoms with van der Waals surface area (Å²) in [5.74, 6) is 0.483. The molecule has 0 fully saturated rings. The molecule has 0 saturated carbocycles. The molecule has 0 radical (unpaired) electrons. The van der Waals surface area contributed by atoms with Crippen LogP contribution in [0.4, 0.5) is 0 Å². The van der Waals surface area contributed by atoms with Gasteiger partial charge < -0.3 is 10.1 Å². The molecule has 2 aromatic carbocycles. The van der Waals surface area contributed by atoms with Crippen molar-refractivity contribution in [2.75, 3.05) is 13.7 Å². The van der Waals surface area contributed by atoms with E-state index < -0.39 is 17.4 Å². The Kier molecular flexibility index (Phi) is 8.60. The minimum absolute atomic E-state index is 0.0915.